The van der Waals surface area contributed by atoms with Gasteiger partial charge in [0.05, 0.1) is 0 Å². The quantitative estimate of drug-likeness (QED) is 0.631. The van der Waals surface area contributed by atoms with Crippen molar-refractivity contribution in [1.29, 1.82) is 0 Å². The predicted molar refractivity (Wildman–Crippen MR) is 103 cm³/mol. The van der Waals surface area contributed by atoms with Crippen LogP contribution < -0.4 is 15.4 Å². The lowest BCUT2D eigenvalue weighted by atomic mass is 10.1. The molecule has 1 amide bonds. The van der Waals surface area contributed by atoms with Crippen LogP contribution in [0.25, 0.3) is 10.8 Å². The number of nitrogens with one attached hydrogen (secondary N) is 2. The Morgan fingerprint density at radius 2 is 1.85 bits per heavy atom. The fraction of sp³-hybridized carbons (Fsp3) is 0.450. The number of rotatable bonds is 8. The maximum absolute atomic E-state index is 11.5. The summed E-state index contributed by atoms with van der Waals surface area (Å²) >= 11 is 0. The Bertz CT molecular complexity index is 707. The Morgan fingerprint density at radius 3 is 2.62 bits per heavy atom. The van der Waals surface area contributed by atoms with Gasteiger partial charge in [0.15, 0.2) is 0 Å². The second-order valence-electron chi connectivity index (χ2n) is 7.07. The van der Waals surface area contributed by atoms with Crippen LogP contribution >= 0.6 is 0 Å². The Balaban J connectivity index is 1.65. The van der Waals surface area contributed by atoms with E-state index in [0.29, 0.717) is 19.6 Å². The van der Waals surface area contributed by atoms with Gasteiger partial charge >= 0.3 is 6.09 Å². The van der Waals surface area contributed by atoms with E-state index >= 15 is 0 Å². The van der Waals surface area contributed by atoms with Crippen molar-refractivity contribution in [2.45, 2.75) is 32.5 Å². The third kappa shape index (κ3) is 6.90. The zero-order chi connectivity index (χ0) is 19.0. The third-order valence-corrected chi connectivity index (χ3v) is 3.53. The first-order chi connectivity index (χ1) is 12.3. The molecule has 26 heavy (non-hydrogen) atoms. The number of benzene rings is 2. The molecule has 0 aliphatic rings. The highest BCUT2D eigenvalue weighted by Gasteiger charge is 2.15. The van der Waals surface area contributed by atoms with Gasteiger partial charge in [0.2, 0.25) is 0 Å². The number of fused-ring (bicyclic) bond motifs is 1. The number of hydrogen-bond acceptors (Lipinski definition) is 5. The van der Waals surface area contributed by atoms with Gasteiger partial charge in [0, 0.05) is 25.0 Å². The highest BCUT2D eigenvalue weighted by atomic mass is 16.6. The molecule has 0 radical (unpaired) electrons. The molecule has 0 aliphatic carbocycles. The molecule has 0 aliphatic heterocycles. The van der Waals surface area contributed by atoms with Crippen molar-refractivity contribution in [3.05, 3.63) is 42.5 Å². The fourth-order valence-corrected chi connectivity index (χ4v) is 2.40. The molecule has 0 saturated carbocycles. The molecule has 2 aromatic rings. The second-order valence-corrected chi connectivity index (χ2v) is 7.07. The van der Waals surface area contributed by atoms with Gasteiger partial charge in [-0.05, 0) is 32.2 Å². The Labute approximate surface area is 154 Å². The van der Waals surface area contributed by atoms with Gasteiger partial charge in [-0.15, -0.1) is 0 Å². The van der Waals surface area contributed by atoms with E-state index in [9.17, 15) is 9.90 Å². The lowest BCUT2D eigenvalue weighted by Crippen LogP contribution is -2.39. The predicted octanol–water partition coefficient (Wildman–Crippen LogP) is 2.69. The van der Waals surface area contributed by atoms with E-state index in [2.05, 4.69) is 10.6 Å². The third-order valence-electron chi connectivity index (χ3n) is 3.53. The van der Waals surface area contributed by atoms with Gasteiger partial charge in [0.1, 0.15) is 24.1 Å². The summed E-state index contributed by atoms with van der Waals surface area (Å²) in [5.74, 6) is 0.758. The molecule has 2 aromatic carbocycles. The van der Waals surface area contributed by atoms with Crippen LogP contribution in [0.2, 0.25) is 0 Å². The van der Waals surface area contributed by atoms with Gasteiger partial charge in [0.25, 0.3) is 0 Å². The SMILES string of the molecule is CC(C)(C)OC(=O)NCCNCC(O)COc1cccc2ccccc12. The molecule has 0 heterocycles. The number of ether oxygens (including phenoxy) is 2. The summed E-state index contributed by atoms with van der Waals surface area (Å²) in [6, 6.07) is 13.8. The summed E-state index contributed by atoms with van der Waals surface area (Å²) < 4.78 is 10.9. The standard InChI is InChI=1S/C20H28N2O4/c1-20(2,3)26-19(24)22-12-11-21-13-16(23)14-25-18-10-6-8-15-7-4-5-9-17(15)18/h4-10,16,21,23H,11-14H2,1-3H3,(H,22,24). The van der Waals surface area contributed by atoms with Crippen molar-refractivity contribution in [2.24, 2.45) is 0 Å². The summed E-state index contributed by atoms with van der Waals surface area (Å²) in [6.07, 6.45) is -1.09. The lowest BCUT2D eigenvalue weighted by molar-refractivity contribution is 0.0527. The molecule has 1 unspecified atom stereocenters. The zero-order valence-corrected chi connectivity index (χ0v) is 15.6. The first-order valence-electron chi connectivity index (χ1n) is 8.81. The average Bonchev–Trinajstić information content (AvgIpc) is 2.58. The molecule has 0 fully saturated rings. The monoisotopic (exact) mass is 360 g/mol. The van der Waals surface area contributed by atoms with Crippen molar-refractivity contribution in [2.75, 3.05) is 26.2 Å². The Kier molecular flexibility index (Phi) is 7.24. The zero-order valence-electron chi connectivity index (χ0n) is 15.6. The normalized spacial score (nSPS) is 12.6. The van der Waals surface area contributed by atoms with Crippen molar-refractivity contribution >= 4 is 16.9 Å². The van der Waals surface area contributed by atoms with Gasteiger partial charge in [-0.1, -0.05) is 36.4 Å². The minimum absolute atomic E-state index is 0.195. The molecule has 6 heteroatoms. The van der Waals surface area contributed by atoms with Crippen molar-refractivity contribution < 1.29 is 19.4 Å². The first-order valence-corrected chi connectivity index (χ1v) is 8.81. The van der Waals surface area contributed by atoms with Crippen molar-refractivity contribution in [3.63, 3.8) is 0 Å². The molecule has 1 atom stereocenters. The number of carbonyl (C=O) groups is 1. The molecule has 142 valence electrons. The number of hydrogen-bond donors (Lipinski definition) is 3. The fourth-order valence-electron chi connectivity index (χ4n) is 2.40. The summed E-state index contributed by atoms with van der Waals surface area (Å²) in [6.45, 7) is 6.98. The molecule has 0 spiro atoms. The van der Waals surface area contributed by atoms with Crippen LogP contribution in [0.4, 0.5) is 4.79 Å². The van der Waals surface area contributed by atoms with E-state index in [1.807, 2.05) is 63.2 Å². The second kappa shape index (κ2) is 9.40. The van der Waals surface area contributed by atoms with Gasteiger partial charge in [-0.2, -0.15) is 0 Å². The minimum atomic E-state index is -0.643. The first kappa shape index (κ1) is 20.0. The Hall–Kier alpha value is -2.31. The summed E-state index contributed by atoms with van der Waals surface area (Å²) in [4.78, 5) is 11.5. The van der Waals surface area contributed by atoms with Crippen LogP contribution in [-0.2, 0) is 4.74 Å². The molecule has 6 nitrogen and oxygen atoms in total. The highest BCUT2D eigenvalue weighted by molar-refractivity contribution is 5.88. The van der Waals surface area contributed by atoms with E-state index in [0.717, 1.165) is 16.5 Å². The average molecular weight is 360 g/mol. The number of aliphatic hydroxyl groups excluding tert-OH is 1. The minimum Gasteiger partial charge on any atom is -0.490 e. The van der Waals surface area contributed by atoms with E-state index in [1.165, 1.54) is 0 Å². The van der Waals surface area contributed by atoms with E-state index in [1.54, 1.807) is 0 Å². The van der Waals surface area contributed by atoms with E-state index in [-0.39, 0.29) is 6.61 Å². The summed E-state index contributed by atoms with van der Waals surface area (Å²) in [5.41, 5.74) is -0.507. The van der Waals surface area contributed by atoms with Crippen LogP contribution in [0.1, 0.15) is 20.8 Å². The summed E-state index contributed by atoms with van der Waals surface area (Å²) in [5, 5.41) is 17.9. The molecule has 0 bridgehead atoms. The number of aliphatic hydroxyl groups is 1. The van der Waals surface area contributed by atoms with Crippen LogP contribution in [0.5, 0.6) is 5.75 Å². The topological polar surface area (TPSA) is 79.8 Å². The Morgan fingerprint density at radius 1 is 1.12 bits per heavy atom. The molecular formula is C20H28N2O4. The molecule has 0 saturated heterocycles. The van der Waals surface area contributed by atoms with Crippen molar-refractivity contribution in [1.82, 2.24) is 10.6 Å². The number of alkyl carbamates (subject to hydrolysis) is 1. The van der Waals surface area contributed by atoms with Crippen LogP contribution in [0.3, 0.4) is 0 Å². The van der Waals surface area contributed by atoms with Gasteiger partial charge < -0.3 is 25.2 Å². The molecule has 0 aromatic heterocycles. The van der Waals surface area contributed by atoms with Gasteiger partial charge in [-0.3, -0.25) is 0 Å². The molecule has 3 N–H and O–H groups in total. The van der Waals surface area contributed by atoms with Gasteiger partial charge in [-0.25, -0.2) is 4.79 Å². The highest BCUT2D eigenvalue weighted by Crippen LogP contribution is 2.25. The smallest absolute Gasteiger partial charge is 0.407 e. The maximum Gasteiger partial charge on any atom is 0.407 e. The number of amides is 1. The van der Waals surface area contributed by atoms with Crippen molar-refractivity contribution in [3.8, 4) is 5.75 Å². The van der Waals surface area contributed by atoms with Crippen LogP contribution in [0, 0.1) is 0 Å². The molecule has 2 rings (SSSR count). The van der Waals surface area contributed by atoms with E-state index in [4.69, 9.17) is 9.47 Å². The maximum atomic E-state index is 11.5. The van der Waals surface area contributed by atoms with E-state index < -0.39 is 17.8 Å². The largest absolute Gasteiger partial charge is 0.490 e. The molecular weight excluding hydrogens is 332 g/mol. The number of carbonyl (C=O) groups excluding carboxylic acids is 1. The van der Waals surface area contributed by atoms with Crippen LogP contribution in [-0.4, -0.2) is 49.1 Å². The lowest BCUT2D eigenvalue weighted by Gasteiger charge is -2.19. The van der Waals surface area contributed by atoms with Crippen LogP contribution in [0.15, 0.2) is 42.5 Å². The summed E-state index contributed by atoms with van der Waals surface area (Å²) in [7, 11) is 0.